The highest BCUT2D eigenvalue weighted by Gasteiger charge is 2.17. The molecule has 0 bridgehead atoms. The molecule has 140 valence electrons. The first kappa shape index (κ1) is 20.0. The zero-order valence-corrected chi connectivity index (χ0v) is 16.6. The third-order valence-electron chi connectivity index (χ3n) is 3.72. The Labute approximate surface area is 159 Å². The summed E-state index contributed by atoms with van der Waals surface area (Å²) in [5.74, 6) is 1.53. The second-order valence-corrected chi connectivity index (χ2v) is 7.46. The molecule has 0 heterocycles. The first-order chi connectivity index (χ1) is 12.5. The molecule has 0 spiro atoms. The summed E-state index contributed by atoms with van der Waals surface area (Å²) in [6, 6.07) is 11.3. The summed E-state index contributed by atoms with van der Waals surface area (Å²) < 4.78 is 16.1. The molecule has 0 unspecified atom stereocenters. The zero-order chi connectivity index (χ0) is 19.1. The fourth-order valence-electron chi connectivity index (χ4n) is 2.58. The van der Waals surface area contributed by atoms with Gasteiger partial charge in [0.15, 0.2) is 11.5 Å². The van der Waals surface area contributed by atoms with Crippen molar-refractivity contribution in [3.05, 3.63) is 47.5 Å². The quantitative estimate of drug-likeness (QED) is 0.703. The van der Waals surface area contributed by atoms with E-state index >= 15 is 0 Å². The summed E-state index contributed by atoms with van der Waals surface area (Å²) >= 11 is 1.67. The third kappa shape index (κ3) is 4.64. The average molecular weight is 375 g/mol. The van der Waals surface area contributed by atoms with Gasteiger partial charge in [0, 0.05) is 22.3 Å². The molecule has 0 fully saturated rings. The molecule has 0 atom stereocenters. The van der Waals surface area contributed by atoms with Gasteiger partial charge in [0.1, 0.15) is 0 Å². The van der Waals surface area contributed by atoms with Gasteiger partial charge in [0.05, 0.1) is 26.9 Å². The van der Waals surface area contributed by atoms with Crippen LogP contribution in [0.1, 0.15) is 29.8 Å². The molecule has 0 radical (unpaired) electrons. The Kier molecular flexibility index (Phi) is 7.21. The molecule has 0 aliphatic rings. The Hall–Kier alpha value is -2.34. The van der Waals surface area contributed by atoms with E-state index in [0.717, 1.165) is 10.5 Å². The van der Waals surface area contributed by atoms with Crippen LogP contribution in [0.4, 0.5) is 0 Å². The van der Waals surface area contributed by atoms with Crippen molar-refractivity contribution in [2.45, 2.75) is 30.5 Å². The van der Waals surface area contributed by atoms with Gasteiger partial charge in [0.25, 0.3) is 5.91 Å². The molecule has 5 nitrogen and oxygen atoms in total. The Bertz CT molecular complexity index is 761. The van der Waals surface area contributed by atoms with Crippen LogP contribution in [0.2, 0.25) is 0 Å². The highest BCUT2D eigenvalue weighted by atomic mass is 32.2. The van der Waals surface area contributed by atoms with Crippen LogP contribution in [0.15, 0.2) is 41.3 Å². The Morgan fingerprint density at radius 2 is 1.69 bits per heavy atom. The van der Waals surface area contributed by atoms with Gasteiger partial charge < -0.3 is 19.5 Å². The largest absolute Gasteiger partial charge is 0.493 e. The molecule has 1 N–H and O–H groups in total. The summed E-state index contributed by atoms with van der Waals surface area (Å²) in [6.45, 7) is 4.53. The average Bonchev–Trinajstić information content (AvgIpc) is 2.64. The van der Waals surface area contributed by atoms with Gasteiger partial charge in [0.2, 0.25) is 5.75 Å². The highest BCUT2D eigenvalue weighted by Crippen LogP contribution is 2.39. The van der Waals surface area contributed by atoms with E-state index in [0.29, 0.717) is 34.6 Å². The van der Waals surface area contributed by atoms with Crippen molar-refractivity contribution in [2.24, 2.45) is 0 Å². The first-order valence-electron chi connectivity index (χ1n) is 8.33. The lowest BCUT2D eigenvalue weighted by Crippen LogP contribution is -2.23. The Balaban J connectivity index is 2.20. The van der Waals surface area contributed by atoms with Crippen molar-refractivity contribution >= 4 is 17.7 Å². The fourth-order valence-corrected chi connectivity index (χ4v) is 3.54. The number of hydrogen-bond donors (Lipinski definition) is 1. The van der Waals surface area contributed by atoms with Crippen LogP contribution in [0.5, 0.6) is 17.2 Å². The van der Waals surface area contributed by atoms with Crippen LogP contribution in [0, 0.1) is 0 Å². The lowest BCUT2D eigenvalue weighted by molar-refractivity contribution is 0.0947. The van der Waals surface area contributed by atoms with Gasteiger partial charge in [-0.15, -0.1) is 11.8 Å². The second kappa shape index (κ2) is 9.38. The first-order valence-corrected chi connectivity index (χ1v) is 9.21. The fraction of sp³-hybridized carbons (Fsp3) is 0.350. The third-order valence-corrected chi connectivity index (χ3v) is 4.80. The van der Waals surface area contributed by atoms with Gasteiger partial charge >= 0.3 is 0 Å². The second-order valence-electron chi connectivity index (χ2n) is 5.84. The molecular formula is C20H25NO4S. The van der Waals surface area contributed by atoms with Gasteiger partial charge in [-0.1, -0.05) is 26.0 Å². The normalized spacial score (nSPS) is 10.5. The van der Waals surface area contributed by atoms with Crippen molar-refractivity contribution in [3.63, 3.8) is 0 Å². The number of benzene rings is 2. The maximum absolute atomic E-state index is 12.7. The number of carbonyl (C=O) groups excluding carboxylic acids is 1. The maximum Gasteiger partial charge on any atom is 0.252 e. The summed E-state index contributed by atoms with van der Waals surface area (Å²) in [6.07, 6.45) is 0. The van der Waals surface area contributed by atoms with E-state index in [1.807, 2.05) is 30.3 Å². The van der Waals surface area contributed by atoms with Gasteiger partial charge in [-0.25, -0.2) is 0 Å². The smallest absolute Gasteiger partial charge is 0.252 e. The minimum Gasteiger partial charge on any atom is -0.493 e. The molecule has 26 heavy (non-hydrogen) atoms. The highest BCUT2D eigenvalue weighted by molar-refractivity contribution is 8.00. The number of methoxy groups -OCH3 is 3. The predicted octanol–water partition coefficient (Wildman–Crippen LogP) is 4.14. The SMILES string of the molecule is COc1ccc(CNC(=O)c2ccccc2SC(C)C)c(OC)c1OC. The topological polar surface area (TPSA) is 56.8 Å². The zero-order valence-electron chi connectivity index (χ0n) is 15.8. The van der Waals surface area contributed by atoms with Crippen molar-refractivity contribution in [2.75, 3.05) is 21.3 Å². The van der Waals surface area contributed by atoms with E-state index in [-0.39, 0.29) is 5.91 Å². The molecule has 1 amide bonds. The number of amides is 1. The molecule has 0 aromatic heterocycles. The summed E-state index contributed by atoms with van der Waals surface area (Å²) in [5, 5.41) is 3.36. The van der Waals surface area contributed by atoms with E-state index in [9.17, 15) is 4.79 Å². The van der Waals surface area contributed by atoms with Crippen molar-refractivity contribution in [1.29, 1.82) is 0 Å². The summed E-state index contributed by atoms with van der Waals surface area (Å²) in [7, 11) is 4.70. The van der Waals surface area contributed by atoms with E-state index in [1.165, 1.54) is 0 Å². The monoisotopic (exact) mass is 375 g/mol. The Morgan fingerprint density at radius 3 is 2.31 bits per heavy atom. The van der Waals surface area contributed by atoms with Crippen LogP contribution in [0.25, 0.3) is 0 Å². The number of rotatable bonds is 8. The molecular weight excluding hydrogens is 350 g/mol. The summed E-state index contributed by atoms with van der Waals surface area (Å²) in [4.78, 5) is 13.6. The molecule has 0 saturated heterocycles. The molecule has 0 saturated carbocycles. The number of nitrogens with one attached hydrogen (secondary N) is 1. The molecule has 2 aromatic rings. The molecule has 2 aromatic carbocycles. The van der Waals surface area contributed by atoms with Crippen LogP contribution >= 0.6 is 11.8 Å². The lowest BCUT2D eigenvalue weighted by Gasteiger charge is -2.16. The Morgan fingerprint density at radius 1 is 1.00 bits per heavy atom. The molecule has 0 aliphatic heterocycles. The molecule has 0 aliphatic carbocycles. The standard InChI is InChI=1S/C20H25NO4S/c1-13(2)26-17-9-7-6-8-15(17)20(22)21-12-14-10-11-16(23-3)19(25-5)18(14)24-4/h6-11,13H,12H2,1-5H3,(H,21,22). The lowest BCUT2D eigenvalue weighted by atomic mass is 10.1. The number of thioether (sulfide) groups is 1. The van der Waals surface area contributed by atoms with Crippen molar-refractivity contribution in [3.8, 4) is 17.2 Å². The van der Waals surface area contributed by atoms with Gasteiger partial charge in [-0.2, -0.15) is 0 Å². The number of hydrogen-bond acceptors (Lipinski definition) is 5. The van der Waals surface area contributed by atoms with E-state index in [2.05, 4.69) is 19.2 Å². The molecule has 6 heteroatoms. The van der Waals surface area contributed by atoms with Crippen molar-refractivity contribution in [1.82, 2.24) is 5.32 Å². The van der Waals surface area contributed by atoms with E-state index in [1.54, 1.807) is 39.2 Å². The predicted molar refractivity (Wildman–Crippen MR) is 105 cm³/mol. The number of ether oxygens (including phenoxy) is 3. The number of carbonyl (C=O) groups is 1. The molecule has 2 rings (SSSR count). The minimum absolute atomic E-state index is 0.120. The van der Waals surface area contributed by atoms with Gasteiger partial charge in [-0.05, 0) is 24.3 Å². The van der Waals surface area contributed by atoms with E-state index < -0.39 is 0 Å². The minimum atomic E-state index is -0.120. The summed E-state index contributed by atoms with van der Waals surface area (Å²) in [5.41, 5.74) is 1.48. The van der Waals surface area contributed by atoms with Crippen LogP contribution in [-0.4, -0.2) is 32.5 Å². The van der Waals surface area contributed by atoms with Crippen LogP contribution < -0.4 is 19.5 Å². The van der Waals surface area contributed by atoms with Crippen LogP contribution in [0.3, 0.4) is 0 Å². The van der Waals surface area contributed by atoms with E-state index in [4.69, 9.17) is 14.2 Å². The maximum atomic E-state index is 12.7. The van der Waals surface area contributed by atoms with Crippen molar-refractivity contribution < 1.29 is 19.0 Å². The van der Waals surface area contributed by atoms with Crippen LogP contribution in [-0.2, 0) is 6.54 Å². The van der Waals surface area contributed by atoms with Gasteiger partial charge in [-0.3, -0.25) is 4.79 Å².